The number of benzene rings is 1. The van der Waals surface area contributed by atoms with Crippen molar-refractivity contribution in [1.29, 1.82) is 0 Å². The zero-order valence-electron chi connectivity index (χ0n) is 14.0. The molecule has 0 unspecified atom stereocenters. The van der Waals surface area contributed by atoms with Crippen LogP contribution >= 0.6 is 11.8 Å². The largest absolute Gasteiger partial charge is 0.337 e. The molecule has 1 fully saturated rings. The third-order valence-electron chi connectivity index (χ3n) is 4.28. The molecule has 24 heavy (non-hydrogen) atoms. The van der Waals surface area contributed by atoms with Gasteiger partial charge < -0.3 is 9.80 Å². The summed E-state index contributed by atoms with van der Waals surface area (Å²) in [5.74, 6) is 0.0967. The summed E-state index contributed by atoms with van der Waals surface area (Å²) in [5, 5.41) is 0.783. The van der Waals surface area contributed by atoms with Crippen LogP contribution in [0.1, 0.15) is 23.7 Å². The molecule has 2 aromatic rings. The van der Waals surface area contributed by atoms with Crippen LogP contribution < -0.4 is 0 Å². The van der Waals surface area contributed by atoms with Crippen LogP contribution in [-0.4, -0.2) is 53.4 Å². The highest BCUT2D eigenvalue weighted by molar-refractivity contribution is 7.99. The monoisotopic (exact) mass is 341 g/mol. The zero-order valence-corrected chi connectivity index (χ0v) is 14.8. The summed E-state index contributed by atoms with van der Waals surface area (Å²) < 4.78 is 0. The molecule has 2 heterocycles. The second-order valence-corrected chi connectivity index (χ2v) is 6.91. The van der Waals surface area contributed by atoms with Gasteiger partial charge in [0.05, 0.1) is 5.56 Å². The Morgan fingerprint density at radius 3 is 2.71 bits per heavy atom. The average molecular weight is 341 g/mol. The Morgan fingerprint density at radius 2 is 1.92 bits per heavy atom. The number of carbonyl (C=O) groups is 1. The average Bonchev–Trinajstić information content (AvgIpc) is 2.88. The van der Waals surface area contributed by atoms with Gasteiger partial charge >= 0.3 is 0 Å². The molecule has 5 heteroatoms. The minimum atomic E-state index is 0.0967. The van der Waals surface area contributed by atoms with E-state index in [2.05, 4.69) is 16.8 Å². The summed E-state index contributed by atoms with van der Waals surface area (Å²) in [6.45, 7) is 6.84. The third-order valence-corrected chi connectivity index (χ3v) is 5.31. The zero-order chi connectivity index (χ0) is 16.8. The Bertz CT molecular complexity index is 677. The molecule has 1 aromatic carbocycles. The van der Waals surface area contributed by atoms with Crippen molar-refractivity contribution in [3.8, 4) is 0 Å². The standard InChI is InChI=1S/C19H23N3OS/c1-2-21-12-7-13-22(15-14-21)19(23)17-10-6-11-20-18(17)24-16-8-4-3-5-9-16/h3-6,8-11H,2,7,12-15H2,1H3. The summed E-state index contributed by atoms with van der Waals surface area (Å²) in [5.41, 5.74) is 0.705. The van der Waals surface area contributed by atoms with Crippen LogP contribution in [0.25, 0.3) is 0 Å². The van der Waals surface area contributed by atoms with Gasteiger partial charge in [-0.25, -0.2) is 4.98 Å². The fraction of sp³-hybridized carbons (Fsp3) is 0.368. The summed E-state index contributed by atoms with van der Waals surface area (Å²) in [4.78, 5) is 22.9. The minimum Gasteiger partial charge on any atom is -0.337 e. The van der Waals surface area contributed by atoms with Crippen LogP contribution in [-0.2, 0) is 0 Å². The number of carbonyl (C=O) groups excluding carboxylic acids is 1. The number of nitrogens with zero attached hydrogens (tertiary/aromatic N) is 3. The van der Waals surface area contributed by atoms with E-state index in [0.29, 0.717) is 5.56 Å². The Hall–Kier alpha value is -1.85. The molecule has 0 spiro atoms. The number of pyridine rings is 1. The van der Waals surface area contributed by atoms with E-state index < -0.39 is 0 Å². The van der Waals surface area contributed by atoms with E-state index in [-0.39, 0.29) is 5.91 Å². The number of rotatable bonds is 4. The molecule has 4 nitrogen and oxygen atoms in total. The van der Waals surface area contributed by atoms with E-state index in [0.717, 1.165) is 49.1 Å². The summed E-state index contributed by atoms with van der Waals surface area (Å²) in [6.07, 6.45) is 2.78. The van der Waals surface area contributed by atoms with Gasteiger partial charge in [-0.05, 0) is 43.8 Å². The topological polar surface area (TPSA) is 36.4 Å². The van der Waals surface area contributed by atoms with Gasteiger partial charge in [-0.3, -0.25) is 4.79 Å². The first kappa shape index (κ1) is 17.0. The van der Waals surface area contributed by atoms with Crippen molar-refractivity contribution in [3.05, 3.63) is 54.2 Å². The van der Waals surface area contributed by atoms with Crippen molar-refractivity contribution in [1.82, 2.24) is 14.8 Å². The quantitative estimate of drug-likeness (QED) is 0.854. The predicted molar refractivity (Wildman–Crippen MR) is 97.4 cm³/mol. The molecule has 0 aliphatic carbocycles. The summed E-state index contributed by atoms with van der Waals surface area (Å²) in [7, 11) is 0. The van der Waals surface area contributed by atoms with E-state index in [1.807, 2.05) is 47.4 Å². The van der Waals surface area contributed by atoms with Gasteiger partial charge in [-0.1, -0.05) is 36.9 Å². The first-order valence-electron chi connectivity index (χ1n) is 8.47. The third kappa shape index (κ3) is 4.16. The fourth-order valence-corrected chi connectivity index (χ4v) is 3.79. The predicted octanol–water partition coefficient (Wildman–Crippen LogP) is 3.40. The van der Waals surface area contributed by atoms with Crippen molar-refractivity contribution >= 4 is 17.7 Å². The molecular formula is C19H23N3OS. The lowest BCUT2D eigenvalue weighted by atomic mass is 10.2. The maximum absolute atomic E-state index is 13.0. The molecule has 1 amide bonds. The summed E-state index contributed by atoms with van der Waals surface area (Å²) >= 11 is 1.55. The first-order chi connectivity index (χ1) is 11.8. The van der Waals surface area contributed by atoms with E-state index in [1.54, 1.807) is 18.0 Å². The number of likely N-dealkylation sites (N-methyl/N-ethyl adjacent to an activating group) is 1. The molecule has 0 N–H and O–H groups in total. The van der Waals surface area contributed by atoms with E-state index in [4.69, 9.17) is 0 Å². The van der Waals surface area contributed by atoms with Crippen molar-refractivity contribution in [2.75, 3.05) is 32.7 Å². The molecule has 1 aromatic heterocycles. The van der Waals surface area contributed by atoms with Crippen LogP contribution in [0, 0.1) is 0 Å². The molecule has 0 saturated carbocycles. The lowest BCUT2D eigenvalue weighted by Gasteiger charge is -2.22. The van der Waals surface area contributed by atoms with Crippen LogP contribution in [0.4, 0.5) is 0 Å². The number of hydrogen-bond acceptors (Lipinski definition) is 4. The van der Waals surface area contributed by atoms with Crippen LogP contribution in [0.15, 0.2) is 58.6 Å². The van der Waals surface area contributed by atoms with Gasteiger partial charge in [0.1, 0.15) is 5.03 Å². The second kappa shape index (κ2) is 8.31. The maximum atomic E-state index is 13.0. The number of aromatic nitrogens is 1. The van der Waals surface area contributed by atoms with Gasteiger partial charge in [0.2, 0.25) is 0 Å². The lowest BCUT2D eigenvalue weighted by Crippen LogP contribution is -2.35. The second-order valence-electron chi connectivity index (χ2n) is 5.85. The highest BCUT2D eigenvalue weighted by atomic mass is 32.2. The van der Waals surface area contributed by atoms with Crippen LogP contribution in [0.2, 0.25) is 0 Å². The van der Waals surface area contributed by atoms with Gasteiger partial charge in [-0.15, -0.1) is 0 Å². The van der Waals surface area contributed by atoms with Gasteiger partial charge in [-0.2, -0.15) is 0 Å². The van der Waals surface area contributed by atoms with Crippen molar-refractivity contribution in [3.63, 3.8) is 0 Å². The smallest absolute Gasteiger partial charge is 0.256 e. The van der Waals surface area contributed by atoms with Crippen molar-refractivity contribution in [2.45, 2.75) is 23.3 Å². The van der Waals surface area contributed by atoms with Crippen LogP contribution in [0.3, 0.4) is 0 Å². The molecule has 3 rings (SSSR count). The molecule has 0 bridgehead atoms. The molecule has 1 saturated heterocycles. The van der Waals surface area contributed by atoms with Crippen molar-refractivity contribution < 1.29 is 4.79 Å². The number of amides is 1. The molecule has 126 valence electrons. The molecule has 1 aliphatic rings. The van der Waals surface area contributed by atoms with Crippen molar-refractivity contribution in [2.24, 2.45) is 0 Å². The molecular weight excluding hydrogens is 318 g/mol. The highest BCUT2D eigenvalue weighted by Gasteiger charge is 2.22. The molecule has 1 aliphatic heterocycles. The van der Waals surface area contributed by atoms with Gasteiger partial charge in [0.15, 0.2) is 0 Å². The Labute approximate surface area is 147 Å². The Kier molecular flexibility index (Phi) is 5.88. The fourth-order valence-electron chi connectivity index (χ4n) is 2.90. The maximum Gasteiger partial charge on any atom is 0.256 e. The number of hydrogen-bond donors (Lipinski definition) is 0. The normalized spacial score (nSPS) is 16.0. The Morgan fingerprint density at radius 1 is 1.08 bits per heavy atom. The molecule has 0 atom stereocenters. The SMILES string of the molecule is CCN1CCCN(C(=O)c2cccnc2Sc2ccccc2)CC1. The minimum absolute atomic E-state index is 0.0967. The van der Waals surface area contributed by atoms with E-state index in [1.165, 1.54) is 0 Å². The van der Waals surface area contributed by atoms with Crippen LogP contribution in [0.5, 0.6) is 0 Å². The van der Waals surface area contributed by atoms with Gasteiger partial charge in [0, 0.05) is 30.7 Å². The van der Waals surface area contributed by atoms with E-state index in [9.17, 15) is 4.79 Å². The highest BCUT2D eigenvalue weighted by Crippen LogP contribution is 2.29. The lowest BCUT2D eigenvalue weighted by molar-refractivity contribution is 0.0757. The summed E-state index contributed by atoms with van der Waals surface area (Å²) in [6, 6.07) is 13.8. The van der Waals surface area contributed by atoms with Gasteiger partial charge in [0.25, 0.3) is 5.91 Å². The molecule has 0 radical (unpaired) electrons. The Balaban J connectivity index is 1.77. The first-order valence-corrected chi connectivity index (χ1v) is 9.29. The van der Waals surface area contributed by atoms with E-state index >= 15 is 0 Å².